The van der Waals surface area contributed by atoms with Gasteiger partial charge in [0.1, 0.15) is 6.61 Å². The average Bonchev–Trinajstić information content (AvgIpc) is 2.52. The first-order chi connectivity index (χ1) is 10.1. The van der Waals surface area contributed by atoms with Crippen molar-refractivity contribution in [3.05, 3.63) is 34.3 Å². The molecular formula is C14H16BrClN2O3. The minimum absolute atomic E-state index is 0.0231. The van der Waals surface area contributed by atoms with Crippen LogP contribution in [0.5, 0.6) is 0 Å². The van der Waals surface area contributed by atoms with E-state index in [2.05, 4.69) is 15.9 Å². The third-order valence-corrected chi connectivity index (χ3v) is 3.85. The molecule has 7 heteroatoms. The average molecular weight is 376 g/mol. The molecule has 0 saturated carbocycles. The number of benzene rings is 1. The molecule has 1 aromatic carbocycles. The summed E-state index contributed by atoms with van der Waals surface area (Å²) in [5.74, 6) is 0.262. The molecule has 0 aliphatic carbocycles. The van der Waals surface area contributed by atoms with Crippen LogP contribution in [0.3, 0.4) is 0 Å². The fraction of sp³-hybridized carbons (Fsp3) is 0.429. The Kier molecular flexibility index (Phi) is 5.87. The summed E-state index contributed by atoms with van der Waals surface area (Å²) in [7, 11) is 0. The van der Waals surface area contributed by atoms with E-state index >= 15 is 0 Å². The maximum absolute atomic E-state index is 12.4. The number of alkyl halides is 1. The monoisotopic (exact) mass is 374 g/mol. The topological polar surface area (TPSA) is 49.9 Å². The van der Waals surface area contributed by atoms with Gasteiger partial charge in [-0.25, -0.2) is 4.79 Å². The van der Waals surface area contributed by atoms with Crippen LogP contribution in [0.2, 0.25) is 0 Å². The van der Waals surface area contributed by atoms with Crippen molar-refractivity contribution in [3.63, 3.8) is 0 Å². The number of amides is 2. The molecule has 5 nitrogen and oxygen atoms in total. The highest BCUT2D eigenvalue weighted by molar-refractivity contribution is 9.10. The van der Waals surface area contributed by atoms with E-state index in [1.165, 1.54) is 0 Å². The van der Waals surface area contributed by atoms with Crippen molar-refractivity contribution in [3.8, 4) is 0 Å². The van der Waals surface area contributed by atoms with Crippen molar-refractivity contribution in [2.75, 3.05) is 38.7 Å². The summed E-state index contributed by atoms with van der Waals surface area (Å²) in [5, 5.41) is 0. The van der Waals surface area contributed by atoms with Crippen molar-refractivity contribution in [1.29, 1.82) is 0 Å². The van der Waals surface area contributed by atoms with Gasteiger partial charge in [-0.2, -0.15) is 0 Å². The van der Waals surface area contributed by atoms with Gasteiger partial charge in [-0.15, -0.1) is 11.6 Å². The molecule has 0 bridgehead atoms. The van der Waals surface area contributed by atoms with Crippen LogP contribution in [0.25, 0.3) is 0 Å². The molecule has 0 radical (unpaired) electrons. The van der Waals surface area contributed by atoms with Gasteiger partial charge in [0.05, 0.1) is 5.88 Å². The highest BCUT2D eigenvalue weighted by Gasteiger charge is 2.25. The van der Waals surface area contributed by atoms with E-state index in [-0.39, 0.29) is 24.5 Å². The number of rotatable bonds is 3. The molecular weight excluding hydrogens is 360 g/mol. The van der Waals surface area contributed by atoms with E-state index in [1.807, 2.05) is 12.1 Å². The SMILES string of the molecule is O=C(OCCCl)N1CCN(C(=O)c2cccc(Br)c2)CC1. The van der Waals surface area contributed by atoms with E-state index in [1.54, 1.807) is 21.9 Å². The minimum Gasteiger partial charge on any atom is -0.448 e. The van der Waals surface area contributed by atoms with E-state index in [0.717, 1.165) is 4.47 Å². The van der Waals surface area contributed by atoms with Crippen molar-refractivity contribution >= 4 is 39.5 Å². The van der Waals surface area contributed by atoms with Crippen LogP contribution in [0.4, 0.5) is 4.79 Å². The van der Waals surface area contributed by atoms with E-state index in [9.17, 15) is 9.59 Å². The summed E-state index contributed by atoms with van der Waals surface area (Å²) in [4.78, 5) is 27.4. The molecule has 0 N–H and O–H groups in total. The highest BCUT2D eigenvalue weighted by Crippen LogP contribution is 2.15. The maximum atomic E-state index is 12.4. The number of ether oxygens (including phenoxy) is 1. The summed E-state index contributed by atoms with van der Waals surface area (Å²) in [6.45, 7) is 2.15. The number of carbonyl (C=O) groups is 2. The lowest BCUT2D eigenvalue weighted by Gasteiger charge is -2.34. The second-order valence-electron chi connectivity index (χ2n) is 4.59. The molecule has 114 valence electrons. The van der Waals surface area contributed by atoms with Crippen LogP contribution in [0.1, 0.15) is 10.4 Å². The Morgan fingerprint density at radius 3 is 2.48 bits per heavy atom. The van der Waals surface area contributed by atoms with Gasteiger partial charge in [-0.1, -0.05) is 22.0 Å². The minimum atomic E-state index is -0.370. The summed E-state index contributed by atoms with van der Waals surface area (Å²) in [6.07, 6.45) is -0.370. The Labute approximate surface area is 136 Å². The quantitative estimate of drug-likeness (QED) is 0.763. The number of halogens is 2. The first-order valence-corrected chi connectivity index (χ1v) is 7.97. The summed E-state index contributed by atoms with van der Waals surface area (Å²) in [6, 6.07) is 7.29. The molecule has 1 aromatic rings. The largest absolute Gasteiger partial charge is 0.448 e. The van der Waals surface area contributed by atoms with Crippen LogP contribution < -0.4 is 0 Å². The smallest absolute Gasteiger partial charge is 0.409 e. The van der Waals surface area contributed by atoms with Crippen molar-refractivity contribution in [2.45, 2.75) is 0 Å². The highest BCUT2D eigenvalue weighted by atomic mass is 79.9. The third kappa shape index (κ3) is 4.35. The maximum Gasteiger partial charge on any atom is 0.409 e. The lowest BCUT2D eigenvalue weighted by atomic mass is 10.2. The van der Waals surface area contributed by atoms with Gasteiger partial charge in [0.25, 0.3) is 5.91 Å². The molecule has 2 rings (SSSR count). The number of hydrogen-bond donors (Lipinski definition) is 0. The van der Waals surface area contributed by atoms with Crippen LogP contribution in [-0.4, -0.2) is 60.5 Å². The molecule has 1 aliphatic heterocycles. The van der Waals surface area contributed by atoms with Gasteiger partial charge < -0.3 is 14.5 Å². The van der Waals surface area contributed by atoms with E-state index in [0.29, 0.717) is 31.7 Å². The molecule has 1 aliphatic rings. The Balaban J connectivity index is 1.89. The van der Waals surface area contributed by atoms with E-state index in [4.69, 9.17) is 16.3 Å². The number of nitrogens with zero attached hydrogens (tertiary/aromatic N) is 2. The molecule has 0 aromatic heterocycles. The van der Waals surface area contributed by atoms with Crippen LogP contribution in [0, 0.1) is 0 Å². The Hall–Kier alpha value is -1.27. The summed E-state index contributed by atoms with van der Waals surface area (Å²) in [5.41, 5.74) is 0.641. The molecule has 1 fully saturated rings. The van der Waals surface area contributed by atoms with Crippen molar-refractivity contribution in [1.82, 2.24) is 9.80 Å². The molecule has 0 unspecified atom stereocenters. The second kappa shape index (κ2) is 7.66. The standard InChI is InChI=1S/C14H16BrClN2O3/c15-12-3-1-2-11(10-12)13(19)17-5-7-18(8-6-17)14(20)21-9-4-16/h1-3,10H,4-9H2. The zero-order valence-corrected chi connectivity index (χ0v) is 13.8. The van der Waals surface area contributed by atoms with Gasteiger partial charge in [-0.3, -0.25) is 4.79 Å². The first kappa shape index (κ1) is 16.1. The van der Waals surface area contributed by atoms with Gasteiger partial charge in [-0.05, 0) is 18.2 Å². The lowest BCUT2D eigenvalue weighted by Crippen LogP contribution is -2.50. The molecule has 0 spiro atoms. The fourth-order valence-electron chi connectivity index (χ4n) is 2.11. The molecule has 1 heterocycles. The number of piperazine rings is 1. The van der Waals surface area contributed by atoms with Gasteiger partial charge in [0.15, 0.2) is 0 Å². The van der Waals surface area contributed by atoms with Crippen LogP contribution in [-0.2, 0) is 4.74 Å². The predicted molar refractivity (Wildman–Crippen MR) is 83.7 cm³/mol. The Morgan fingerprint density at radius 1 is 1.19 bits per heavy atom. The van der Waals surface area contributed by atoms with Crippen LogP contribution in [0.15, 0.2) is 28.7 Å². The van der Waals surface area contributed by atoms with Gasteiger partial charge in [0.2, 0.25) is 0 Å². The number of hydrogen-bond acceptors (Lipinski definition) is 3. The normalized spacial score (nSPS) is 15.0. The van der Waals surface area contributed by atoms with E-state index < -0.39 is 0 Å². The van der Waals surface area contributed by atoms with Gasteiger partial charge >= 0.3 is 6.09 Å². The first-order valence-electron chi connectivity index (χ1n) is 6.64. The second-order valence-corrected chi connectivity index (χ2v) is 5.89. The zero-order chi connectivity index (χ0) is 15.2. The summed E-state index contributed by atoms with van der Waals surface area (Å²) < 4.78 is 5.84. The third-order valence-electron chi connectivity index (χ3n) is 3.20. The molecule has 0 atom stereocenters. The van der Waals surface area contributed by atoms with Crippen molar-refractivity contribution in [2.24, 2.45) is 0 Å². The Bertz CT molecular complexity index is 519. The number of carbonyl (C=O) groups excluding carboxylic acids is 2. The van der Waals surface area contributed by atoms with Crippen molar-refractivity contribution < 1.29 is 14.3 Å². The zero-order valence-electron chi connectivity index (χ0n) is 11.4. The van der Waals surface area contributed by atoms with Crippen LogP contribution >= 0.6 is 27.5 Å². The molecule has 1 saturated heterocycles. The molecule has 2 amide bonds. The Morgan fingerprint density at radius 2 is 1.86 bits per heavy atom. The fourth-order valence-corrected chi connectivity index (χ4v) is 2.59. The van der Waals surface area contributed by atoms with Gasteiger partial charge in [0, 0.05) is 36.2 Å². The summed E-state index contributed by atoms with van der Waals surface area (Å²) >= 11 is 8.83. The lowest BCUT2D eigenvalue weighted by molar-refractivity contribution is 0.0572. The predicted octanol–water partition coefficient (Wildman–Crippen LogP) is 2.58. The molecule has 21 heavy (non-hydrogen) atoms.